The monoisotopic (exact) mass is 353 g/mol. The molecule has 0 aromatic heterocycles. The number of rotatable bonds is 5. The van der Waals surface area contributed by atoms with Crippen molar-refractivity contribution in [3.63, 3.8) is 0 Å². The highest BCUT2D eigenvalue weighted by atomic mass is 35.5. The first kappa shape index (κ1) is 17.9. The van der Waals surface area contributed by atoms with Crippen molar-refractivity contribution in [3.8, 4) is 6.07 Å². The lowest BCUT2D eigenvalue weighted by atomic mass is 10.1. The van der Waals surface area contributed by atoms with Gasteiger partial charge in [0.25, 0.3) is 11.6 Å². The van der Waals surface area contributed by atoms with Gasteiger partial charge in [0.2, 0.25) is 0 Å². The third-order valence-corrected chi connectivity index (χ3v) is 3.39. The third-order valence-electron chi connectivity index (χ3n) is 3.14. The second-order valence-electron chi connectivity index (χ2n) is 4.83. The van der Waals surface area contributed by atoms with E-state index in [1.54, 1.807) is 48.5 Å². The highest BCUT2D eigenvalue weighted by molar-refractivity contribution is 6.30. The van der Waals surface area contributed by atoms with Gasteiger partial charge in [0.15, 0.2) is 0 Å². The van der Waals surface area contributed by atoms with Crippen LogP contribution in [0.25, 0.3) is 6.08 Å². The lowest BCUT2D eigenvalue weighted by Crippen LogP contribution is -2.13. The van der Waals surface area contributed by atoms with E-state index in [9.17, 15) is 14.9 Å². The SMILES string of the molecule is N#CC(=CC=Cc1ccccc1[N+](=O)[O-])C(=O)Nc1ccc(Cl)cc1. The first-order valence-corrected chi connectivity index (χ1v) is 7.48. The number of nitro groups is 1. The second kappa shape index (κ2) is 8.43. The molecule has 0 unspecified atom stereocenters. The highest BCUT2D eigenvalue weighted by Crippen LogP contribution is 2.19. The van der Waals surface area contributed by atoms with Gasteiger partial charge in [0.05, 0.1) is 10.5 Å². The summed E-state index contributed by atoms with van der Waals surface area (Å²) in [5.74, 6) is -0.586. The maximum atomic E-state index is 12.1. The number of nitrogens with zero attached hydrogens (tertiary/aromatic N) is 2. The summed E-state index contributed by atoms with van der Waals surface area (Å²) in [5, 5.41) is 23.2. The van der Waals surface area contributed by atoms with E-state index in [1.165, 1.54) is 24.3 Å². The molecule has 0 aliphatic rings. The van der Waals surface area contributed by atoms with Gasteiger partial charge in [-0.1, -0.05) is 29.8 Å². The Labute approximate surface area is 148 Å². The zero-order valence-electron chi connectivity index (χ0n) is 12.8. The van der Waals surface area contributed by atoms with Crippen LogP contribution < -0.4 is 5.32 Å². The van der Waals surface area contributed by atoms with Crippen LogP contribution in [0.1, 0.15) is 5.56 Å². The lowest BCUT2D eigenvalue weighted by Gasteiger charge is -2.03. The van der Waals surface area contributed by atoms with E-state index >= 15 is 0 Å². The number of allylic oxidation sites excluding steroid dienone is 2. The summed E-state index contributed by atoms with van der Waals surface area (Å²) in [5.41, 5.74) is 0.679. The zero-order valence-corrected chi connectivity index (χ0v) is 13.6. The molecule has 2 rings (SSSR count). The summed E-state index contributed by atoms with van der Waals surface area (Å²) >= 11 is 5.77. The molecule has 0 radical (unpaired) electrons. The number of nitrogens with one attached hydrogen (secondary N) is 1. The van der Waals surface area contributed by atoms with Crippen LogP contribution in [0.2, 0.25) is 5.02 Å². The summed E-state index contributed by atoms with van der Waals surface area (Å²) in [6, 6.07) is 14.4. The third kappa shape index (κ3) is 5.03. The molecule has 0 aliphatic carbocycles. The first-order valence-electron chi connectivity index (χ1n) is 7.10. The van der Waals surface area contributed by atoms with Gasteiger partial charge in [0.1, 0.15) is 11.6 Å². The molecule has 0 bridgehead atoms. The minimum Gasteiger partial charge on any atom is -0.321 e. The van der Waals surface area contributed by atoms with Gasteiger partial charge < -0.3 is 5.32 Å². The van der Waals surface area contributed by atoms with Crippen molar-refractivity contribution in [3.05, 3.63) is 87.0 Å². The minimum atomic E-state index is -0.586. The van der Waals surface area contributed by atoms with Gasteiger partial charge in [-0.15, -0.1) is 0 Å². The Morgan fingerprint density at radius 2 is 1.88 bits per heavy atom. The molecule has 124 valence electrons. The molecule has 1 amide bonds. The standard InChI is InChI=1S/C18H12ClN3O3/c19-15-8-10-16(11-9-15)21-18(23)14(12-20)6-3-5-13-4-1-2-7-17(13)22(24)25/h1-11H,(H,21,23). The number of para-hydroxylation sites is 1. The number of nitriles is 1. The van der Waals surface area contributed by atoms with Gasteiger partial charge in [0, 0.05) is 16.8 Å². The average Bonchev–Trinajstić information content (AvgIpc) is 2.61. The summed E-state index contributed by atoms with van der Waals surface area (Å²) in [6.07, 6.45) is 4.18. The predicted octanol–water partition coefficient (Wildman–Crippen LogP) is 4.35. The summed E-state index contributed by atoms with van der Waals surface area (Å²) in [6.45, 7) is 0. The van der Waals surface area contributed by atoms with E-state index in [2.05, 4.69) is 5.32 Å². The van der Waals surface area contributed by atoms with Crippen LogP contribution in [0.3, 0.4) is 0 Å². The van der Waals surface area contributed by atoms with Crippen LogP contribution >= 0.6 is 11.6 Å². The molecule has 0 saturated heterocycles. The highest BCUT2D eigenvalue weighted by Gasteiger charge is 2.10. The van der Waals surface area contributed by atoms with Crippen molar-refractivity contribution >= 4 is 35.0 Å². The van der Waals surface area contributed by atoms with E-state index in [4.69, 9.17) is 16.9 Å². The number of benzene rings is 2. The molecule has 6 nitrogen and oxygen atoms in total. The molecule has 0 spiro atoms. The minimum absolute atomic E-state index is 0.0590. The Balaban J connectivity index is 2.15. The van der Waals surface area contributed by atoms with Crippen molar-refractivity contribution < 1.29 is 9.72 Å². The van der Waals surface area contributed by atoms with Crippen LogP contribution in [0, 0.1) is 21.4 Å². The second-order valence-corrected chi connectivity index (χ2v) is 5.26. The summed E-state index contributed by atoms with van der Waals surface area (Å²) in [7, 11) is 0. The number of halogens is 1. The zero-order chi connectivity index (χ0) is 18.2. The van der Waals surface area contributed by atoms with Crippen LogP contribution in [0.5, 0.6) is 0 Å². The molecule has 0 saturated carbocycles. The first-order chi connectivity index (χ1) is 12.0. The van der Waals surface area contributed by atoms with E-state index in [-0.39, 0.29) is 11.3 Å². The van der Waals surface area contributed by atoms with Crippen molar-refractivity contribution in [2.75, 3.05) is 5.32 Å². The number of anilines is 1. The van der Waals surface area contributed by atoms with Gasteiger partial charge in [-0.3, -0.25) is 14.9 Å². The number of hydrogen-bond acceptors (Lipinski definition) is 4. The van der Waals surface area contributed by atoms with Crippen LogP contribution in [0.15, 0.2) is 66.3 Å². The van der Waals surface area contributed by atoms with E-state index in [1.807, 2.05) is 0 Å². The van der Waals surface area contributed by atoms with Crippen LogP contribution in [0.4, 0.5) is 11.4 Å². The molecule has 2 aromatic carbocycles. The van der Waals surface area contributed by atoms with Crippen molar-refractivity contribution in [1.29, 1.82) is 5.26 Å². The fourth-order valence-corrected chi connectivity index (χ4v) is 2.06. The summed E-state index contributed by atoms with van der Waals surface area (Å²) < 4.78 is 0. The Morgan fingerprint density at radius 1 is 1.20 bits per heavy atom. The fraction of sp³-hybridized carbons (Fsp3) is 0. The lowest BCUT2D eigenvalue weighted by molar-refractivity contribution is -0.385. The molecule has 2 aromatic rings. The Hall–Kier alpha value is -3.43. The number of carbonyl (C=O) groups is 1. The van der Waals surface area contributed by atoms with Crippen LogP contribution in [-0.2, 0) is 4.79 Å². The van der Waals surface area contributed by atoms with E-state index in [0.717, 1.165) is 0 Å². The Kier molecular flexibility index (Phi) is 6.04. The molecule has 0 aliphatic heterocycles. The number of nitro benzene ring substituents is 1. The number of carbonyl (C=O) groups excluding carboxylic acids is 1. The molecule has 0 heterocycles. The average molecular weight is 354 g/mol. The Bertz CT molecular complexity index is 897. The molecule has 1 N–H and O–H groups in total. The largest absolute Gasteiger partial charge is 0.321 e. The fourth-order valence-electron chi connectivity index (χ4n) is 1.94. The number of hydrogen-bond donors (Lipinski definition) is 1. The van der Waals surface area contributed by atoms with Crippen LogP contribution in [-0.4, -0.2) is 10.8 Å². The summed E-state index contributed by atoms with van der Waals surface area (Å²) in [4.78, 5) is 22.5. The van der Waals surface area contributed by atoms with Gasteiger partial charge in [-0.25, -0.2) is 0 Å². The molecular weight excluding hydrogens is 342 g/mol. The number of amides is 1. The van der Waals surface area contributed by atoms with E-state index < -0.39 is 10.8 Å². The van der Waals surface area contributed by atoms with Crippen molar-refractivity contribution in [1.82, 2.24) is 0 Å². The topological polar surface area (TPSA) is 96.0 Å². The van der Waals surface area contributed by atoms with Crippen molar-refractivity contribution in [2.45, 2.75) is 0 Å². The predicted molar refractivity (Wildman–Crippen MR) is 95.9 cm³/mol. The van der Waals surface area contributed by atoms with E-state index in [0.29, 0.717) is 16.3 Å². The maximum absolute atomic E-state index is 12.1. The quantitative estimate of drug-likeness (QED) is 0.284. The smallest absolute Gasteiger partial charge is 0.276 e. The van der Waals surface area contributed by atoms with Gasteiger partial charge in [-0.05, 0) is 42.5 Å². The maximum Gasteiger partial charge on any atom is 0.276 e. The molecule has 7 heteroatoms. The molecule has 0 atom stereocenters. The molecule has 0 fully saturated rings. The van der Waals surface area contributed by atoms with Crippen molar-refractivity contribution in [2.24, 2.45) is 0 Å². The normalized spacial score (nSPS) is 11.1. The molecule has 25 heavy (non-hydrogen) atoms. The van der Waals surface area contributed by atoms with Gasteiger partial charge in [-0.2, -0.15) is 5.26 Å². The Morgan fingerprint density at radius 3 is 2.52 bits per heavy atom. The molecular formula is C18H12ClN3O3. The van der Waals surface area contributed by atoms with Gasteiger partial charge >= 0.3 is 0 Å².